The number of hydrogen-bond donors (Lipinski definition) is 1. The Morgan fingerprint density at radius 2 is 2.11 bits per heavy atom. The monoisotopic (exact) mass is 283 g/mol. The number of hydrogen-bond acceptors (Lipinski definition) is 5. The summed E-state index contributed by atoms with van der Waals surface area (Å²) >= 11 is 1.42. The molecular weight excluding hydrogens is 270 g/mol. The molecule has 1 atom stereocenters. The maximum Gasteiger partial charge on any atom is 0.507 e. The molecule has 0 aliphatic carbocycles. The summed E-state index contributed by atoms with van der Waals surface area (Å²) in [5, 5.41) is 8.57. The summed E-state index contributed by atoms with van der Waals surface area (Å²) in [6, 6.07) is 9.27. The van der Waals surface area contributed by atoms with Crippen molar-refractivity contribution in [2.45, 2.75) is 12.8 Å². The molecule has 0 aromatic heterocycles. The SMILES string of the molecule is O=C(O)OC1CSCN1C(=O)OCc1ccccc1. The van der Waals surface area contributed by atoms with E-state index in [2.05, 4.69) is 4.74 Å². The van der Waals surface area contributed by atoms with Gasteiger partial charge in [-0.3, -0.25) is 4.90 Å². The standard InChI is InChI=1S/C12H13NO5S/c14-11(17-6-9-4-2-1-3-5-9)13-8-19-7-10(13)18-12(15)16/h1-5,10H,6-8H2,(H,15,16). The number of carbonyl (C=O) groups excluding carboxylic acids is 1. The van der Waals surface area contributed by atoms with Crippen molar-refractivity contribution in [2.24, 2.45) is 0 Å². The summed E-state index contributed by atoms with van der Waals surface area (Å²) in [4.78, 5) is 23.6. The van der Waals surface area contributed by atoms with Crippen LogP contribution in [0.2, 0.25) is 0 Å². The average molecular weight is 283 g/mol. The van der Waals surface area contributed by atoms with E-state index < -0.39 is 18.5 Å². The highest BCUT2D eigenvalue weighted by molar-refractivity contribution is 7.99. The Balaban J connectivity index is 1.87. The van der Waals surface area contributed by atoms with Crippen LogP contribution in [-0.2, 0) is 16.1 Å². The molecule has 1 saturated heterocycles. The third-order valence-corrected chi connectivity index (χ3v) is 3.50. The predicted molar refractivity (Wildman–Crippen MR) is 68.7 cm³/mol. The molecule has 0 saturated carbocycles. The van der Waals surface area contributed by atoms with Crippen LogP contribution in [0.5, 0.6) is 0 Å². The summed E-state index contributed by atoms with van der Waals surface area (Å²) in [6.07, 6.45) is -2.74. The molecule has 19 heavy (non-hydrogen) atoms. The summed E-state index contributed by atoms with van der Waals surface area (Å²) in [7, 11) is 0. The number of thioether (sulfide) groups is 1. The van der Waals surface area contributed by atoms with Crippen LogP contribution in [0.3, 0.4) is 0 Å². The second-order valence-corrected chi connectivity index (χ2v) is 4.85. The molecule has 1 unspecified atom stereocenters. The first-order chi connectivity index (χ1) is 9.16. The Morgan fingerprint density at radius 1 is 1.37 bits per heavy atom. The van der Waals surface area contributed by atoms with Gasteiger partial charge in [-0.15, -0.1) is 11.8 Å². The fourth-order valence-electron chi connectivity index (χ4n) is 1.61. The Morgan fingerprint density at radius 3 is 2.79 bits per heavy atom. The van der Waals surface area contributed by atoms with E-state index in [1.165, 1.54) is 16.7 Å². The summed E-state index contributed by atoms with van der Waals surface area (Å²) in [5.74, 6) is 0.790. The highest BCUT2D eigenvalue weighted by Crippen LogP contribution is 2.22. The lowest BCUT2D eigenvalue weighted by Gasteiger charge is -2.21. The van der Waals surface area contributed by atoms with E-state index >= 15 is 0 Å². The molecule has 2 rings (SSSR count). The lowest BCUT2D eigenvalue weighted by Crippen LogP contribution is -2.39. The zero-order valence-corrected chi connectivity index (χ0v) is 10.8. The molecule has 1 aliphatic rings. The van der Waals surface area contributed by atoms with E-state index in [4.69, 9.17) is 9.84 Å². The minimum absolute atomic E-state index is 0.153. The molecule has 1 amide bonds. The van der Waals surface area contributed by atoms with Crippen LogP contribution in [0.15, 0.2) is 30.3 Å². The Labute approximate surface area is 114 Å². The van der Waals surface area contributed by atoms with Crippen molar-refractivity contribution in [2.75, 3.05) is 11.6 Å². The summed E-state index contributed by atoms with van der Waals surface area (Å²) in [6.45, 7) is 0.153. The van der Waals surface area contributed by atoms with Gasteiger partial charge in [-0.1, -0.05) is 30.3 Å². The van der Waals surface area contributed by atoms with Crippen molar-refractivity contribution in [3.63, 3.8) is 0 Å². The first kappa shape index (κ1) is 13.5. The normalized spacial score (nSPS) is 18.1. The fraction of sp³-hybridized carbons (Fsp3) is 0.333. The van der Waals surface area contributed by atoms with Crippen LogP contribution in [0.4, 0.5) is 9.59 Å². The van der Waals surface area contributed by atoms with Crippen molar-refractivity contribution in [3.8, 4) is 0 Å². The summed E-state index contributed by atoms with van der Waals surface area (Å²) < 4.78 is 9.74. The van der Waals surface area contributed by atoms with Gasteiger partial charge in [0.1, 0.15) is 6.61 Å². The molecule has 0 spiro atoms. The van der Waals surface area contributed by atoms with Gasteiger partial charge in [-0.05, 0) is 5.56 Å². The van der Waals surface area contributed by atoms with E-state index in [1.54, 1.807) is 0 Å². The molecular formula is C12H13NO5S. The van der Waals surface area contributed by atoms with Crippen LogP contribution < -0.4 is 0 Å². The quantitative estimate of drug-likeness (QED) is 0.858. The van der Waals surface area contributed by atoms with Gasteiger partial charge in [0.2, 0.25) is 0 Å². The smallest absolute Gasteiger partial charge is 0.450 e. The molecule has 1 heterocycles. The van der Waals surface area contributed by atoms with Crippen LogP contribution >= 0.6 is 11.8 Å². The minimum atomic E-state index is -1.40. The maximum atomic E-state index is 11.8. The fourth-order valence-corrected chi connectivity index (χ4v) is 2.63. The van der Waals surface area contributed by atoms with E-state index in [9.17, 15) is 9.59 Å². The Kier molecular flexibility index (Phi) is 4.51. The molecule has 102 valence electrons. The number of amides is 1. The van der Waals surface area contributed by atoms with E-state index in [-0.39, 0.29) is 6.61 Å². The minimum Gasteiger partial charge on any atom is -0.450 e. The van der Waals surface area contributed by atoms with E-state index in [1.807, 2.05) is 30.3 Å². The highest BCUT2D eigenvalue weighted by atomic mass is 32.2. The molecule has 7 heteroatoms. The second-order valence-electron chi connectivity index (χ2n) is 3.85. The molecule has 1 N–H and O–H groups in total. The topological polar surface area (TPSA) is 76.1 Å². The molecule has 0 bridgehead atoms. The van der Waals surface area contributed by atoms with Gasteiger partial charge in [0.15, 0.2) is 6.23 Å². The molecule has 6 nitrogen and oxygen atoms in total. The molecule has 1 aliphatic heterocycles. The van der Waals surface area contributed by atoms with Crippen molar-refractivity contribution in [1.82, 2.24) is 4.90 Å². The third-order valence-electron chi connectivity index (χ3n) is 2.51. The zero-order chi connectivity index (χ0) is 13.7. The van der Waals surface area contributed by atoms with Gasteiger partial charge in [0, 0.05) is 0 Å². The molecule has 1 aromatic rings. The van der Waals surface area contributed by atoms with Crippen molar-refractivity contribution in [3.05, 3.63) is 35.9 Å². The van der Waals surface area contributed by atoms with Gasteiger partial charge in [-0.25, -0.2) is 9.59 Å². The Bertz CT molecular complexity index is 453. The van der Waals surface area contributed by atoms with Gasteiger partial charge in [0.05, 0.1) is 11.6 Å². The number of carboxylic acid groups (broad SMARTS) is 1. The largest absolute Gasteiger partial charge is 0.507 e. The second kappa shape index (κ2) is 6.33. The molecule has 0 radical (unpaired) electrons. The van der Waals surface area contributed by atoms with Crippen molar-refractivity contribution in [1.29, 1.82) is 0 Å². The van der Waals surface area contributed by atoms with Gasteiger partial charge in [-0.2, -0.15) is 0 Å². The average Bonchev–Trinajstić information content (AvgIpc) is 2.84. The lowest BCUT2D eigenvalue weighted by atomic mass is 10.2. The molecule has 1 aromatic carbocycles. The maximum absolute atomic E-state index is 11.8. The number of ether oxygens (including phenoxy) is 2. The van der Waals surface area contributed by atoms with Crippen molar-refractivity contribution < 1.29 is 24.2 Å². The summed E-state index contributed by atoms with van der Waals surface area (Å²) in [5.41, 5.74) is 0.874. The lowest BCUT2D eigenvalue weighted by molar-refractivity contribution is -0.00922. The molecule has 1 fully saturated rings. The van der Waals surface area contributed by atoms with E-state index in [0.29, 0.717) is 11.6 Å². The van der Waals surface area contributed by atoms with Crippen LogP contribution in [0.25, 0.3) is 0 Å². The van der Waals surface area contributed by atoms with Crippen LogP contribution in [0, 0.1) is 0 Å². The number of rotatable bonds is 3. The van der Waals surface area contributed by atoms with E-state index in [0.717, 1.165) is 5.56 Å². The third kappa shape index (κ3) is 3.78. The van der Waals surface area contributed by atoms with Gasteiger partial charge >= 0.3 is 12.2 Å². The first-order valence-corrected chi connectivity index (χ1v) is 6.77. The number of nitrogens with zero attached hydrogens (tertiary/aromatic N) is 1. The number of benzene rings is 1. The van der Waals surface area contributed by atoms with Crippen LogP contribution in [0.1, 0.15) is 5.56 Å². The predicted octanol–water partition coefficient (Wildman–Crippen LogP) is 2.35. The first-order valence-electron chi connectivity index (χ1n) is 5.61. The highest BCUT2D eigenvalue weighted by Gasteiger charge is 2.33. The number of carbonyl (C=O) groups is 2. The van der Waals surface area contributed by atoms with Crippen LogP contribution in [-0.4, -0.2) is 40.1 Å². The van der Waals surface area contributed by atoms with Gasteiger partial charge in [0.25, 0.3) is 0 Å². The van der Waals surface area contributed by atoms with Crippen molar-refractivity contribution >= 4 is 24.0 Å². The Hall–Kier alpha value is -1.89. The zero-order valence-electron chi connectivity index (χ0n) is 10.0. The van der Waals surface area contributed by atoms with Gasteiger partial charge < -0.3 is 14.6 Å².